The van der Waals surface area contributed by atoms with Gasteiger partial charge in [0.2, 0.25) is 5.91 Å². The first-order valence-electron chi connectivity index (χ1n) is 10.4. The molecule has 2 aromatic carbocycles. The summed E-state index contributed by atoms with van der Waals surface area (Å²) in [7, 11) is 0. The summed E-state index contributed by atoms with van der Waals surface area (Å²) in [6.07, 6.45) is 0.801. The van der Waals surface area contributed by atoms with Crippen molar-refractivity contribution >= 4 is 35.0 Å². The summed E-state index contributed by atoms with van der Waals surface area (Å²) in [5.74, 6) is 0.104. The van der Waals surface area contributed by atoms with E-state index in [0.717, 1.165) is 23.1 Å². The highest BCUT2D eigenvalue weighted by Gasteiger charge is 2.27. The number of carbonyl (C=O) groups excluding carboxylic acids is 2. The van der Waals surface area contributed by atoms with Crippen LogP contribution in [-0.2, 0) is 16.1 Å². The zero-order valence-electron chi connectivity index (χ0n) is 18.7. The first kappa shape index (κ1) is 25.0. The number of ether oxygens (including phenoxy) is 1. The fraction of sp³-hybridized carbons (Fsp3) is 0.417. The molecule has 0 radical (unpaired) electrons. The lowest BCUT2D eigenvalue weighted by Gasteiger charge is -2.29. The van der Waals surface area contributed by atoms with Crippen molar-refractivity contribution in [2.45, 2.75) is 59.7 Å². The number of nitrogens with one attached hydrogen (secondary N) is 1. The van der Waals surface area contributed by atoms with Gasteiger partial charge in [0, 0.05) is 12.6 Å². The van der Waals surface area contributed by atoms with Crippen molar-refractivity contribution in [2.75, 3.05) is 6.61 Å². The number of halogens is 2. The minimum Gasteiger partial charge on any atom is -0.484 e. The van der Waals surface area contributed by atoms with Gasteiger partial charge in [-0.1, -0.05) is 42.3 Å². The van der Waals surface area contributed by atoms with Gasteiger partial charge in [-0.2, -0.15) is 0 Å². The van der Waals surface area contributed by atoms with Gasteiger partial charge in [0.1, 0.15) is 11.8 Å². The highest BCUT2D eigenvalue weighted by molar-refractivity contribution is 6.42. The molecular weight excluding hydrogens is 435 g/mol. The summed E-state index contributed by atoms with van der Waals surface area (Å²) in [4.78, 5) is 27.3. The number of rotatable bonds is 9. The first-order valence-corrected chi connectivity index (χ1v) is 11.1. The van der Waals surface area contributed by atoms with Crippen LogP contribution < -0.4 is 10.1 Å². The molecule has 1 N–H and O–H groups in total. The van der Waals surface area contributed by atoms with Gasteiger partial charge in [-0.25, -0.2) is 0 Å². The number of hydrogen-bond acceptors (Lipinski definition) is 3. The fourth-order valence-corrected chi connectivity index (χ4v) is 3.24. The summed E-state index contributed by atoms with van der Waals surface area (Å²) < 4.78 is 5.73. The molecule has 0 spiro atoms. The minimum absolute atomic E-state index is 0.0173. The predicted molar refractivity (Wildman–Crippen MR) is 126 cm³/mol. The molecule has 0 aromatic heterocycles. The number of nitrogens with zero attached hydrogens (tertiary/aromatic N) is 1. The van der Waals surface area contributed by atoms with Crippen LogP contribution in [0.4, 0.5) is 0 Å². The second kappa shape index (κ2) is 11.4. The zero-order chi connectivity index (χ0) is 23.1. The normalized spacial score (nSPS) is 12.7. The topological polar surface area (TPSA) is 58.6 Å². The van der Waals surface area contributed by atoms with Crippen LogP contribution >= 0.6 is 23.2 Å². The maximum absolute atomic E-state index is 13.1. The molecule has 0 heterocycles. The molecule has 5 nitrogen and oxygen atoms in total. The fourth-order valence-electron chi connectivity index (χ4n) is 2.91. The smallest absolute Gasteiger partial charge is 0.261 e. The highest BCUT2D eigenvalue weighted by atomic mass is 35.5. The van der Waals surface area contributed by atoms with Gasteiger partial charge in [-0.3, -0.25) is 9.59 Å². The average molecular weight is 465 g/mol. The third-order valence-electron chi connectivity index (χ3n) is 5.35. The Kier molecular flexibility index (Phi) is 9.20. The Hall–Kier alpha value is -2.24. The number of carbonyl (C=O) groups is 2. The van der Waals surface area contributed by atoms with Crippen molar-refractivity contribution in [2.24, 2.45) is 0 Å². The molecule has 2 amide bonds. The standard InChI is InChI=1S/C24H30Cl2N2O3/c1-6-17(4)27-24(30)18(5)28(13-19-8-10-21(25)22(26)12-19)23(29)14-31-20-9-7-15(2)16(3)11-20/h7-12,17-18H,6,13-14H2,1-5H3,(H,27,30). The number of aryl methyl sites for hydroxylation is 2. The highest BCUT2D eigenvalue weighted by Crippen LogP contribution is 2.24. The number of amides is 2. The van der Waals surface area contributed by atoms with Gasteiger partial charge >= 0.3 is 0 Å². The molecule has 0 saturated carbocycles. The molecule has 0 aliphatic heterocycles. The second-order valence-electron chi connectivity index (χ2n) is 7.80. The molecule has 0 saturated heterocycles. The van der Waals surface area contributed by atoms with Gasteiger partial charge in [0.05, 0.1) is 10.0 Å². The summed E-state index contributed by atoms with van der Waals surface area (Å²) in [5.41, 5.74) is 3.01. The molecule has 0 bridgehead atoms. The summed E-state index contributed by atoms with van der Waals surface area (Å²) in [6, 6.07) is 10.2. The Balaban J connectivity index is 2.19. The molecular formula is C24H30Cl2N2O3. The lowest BCUT2D eigenvalue weighted by Crippen LogP contribution is -2.50. The van der Waals surface area contributed by atoms with Gasteiger partial charge in [0.15, 0.2) is 6.61 Å². The summed E-state index contributed by atoms with van der Waals surface area (Å²) in [6.45, 7) is 9.67. The van der Waals surface area contributed by atoms with Crippen LogP contribution in [0.15, 0.2) is 36.4 Å². The van der Waals surface area contributed by atoms with Crippen molar-refractivity contribution < 1.29 is 14.3 Å². The maximum atomic E-state index is 13.1. The van der Waals surface area contributed by atoms with Gasteiger partial charge in [-0.15, -0.1) is 0 Å². The van der Waals surface area contributed by atoms with Gasteiger partial charge in [-0.05, 0) is 75.1 Å². The van der Waals surface area contributed by atoms with E-state index < -0.39 is 6.04 Å². The lowest BCUT2D eigenvalue weighted by atomic mass is 10.1. The van der Waals surface area contributed by atoms with E-state index in [1.54, 1.807) is 25.1 Å². The second-order valence-corrected chi connectivity index (χ2v) is 8.61. The molecule has 0 fully saturated rings. The van der Waals surface area contributed by atoms with Crippen LogP contribution in [0.2, 0.25) is 10.0 Å². The van der Waals surface area contributed by atoms with Crippen molar-refractivity contribution in [1.82, 2.24) is 10.2 Å². The van der Waals surface area contributed by atoms with Crippen LogP contribution in [-0.4, -0.2) is 35.4 Å². The number of benzene rings is 2. The molecule has 2 atom stereocenters. The van der Waals surface area contributed by atoms with E-state index in [0.29, 0.717) is 15.8 Å². The van der Waals surface area contributed by atoms with Gasteiger partial charge < -0.3 is 15.0 Å². The van der Waals surface area contributed by atoms with Crippen LogP contribution in [0.1, 0.15) is 43.9 Å². The Morgan fingerprint density at radius 1 is 1.03 bits per heavy atom. The third-order valence-corrected chi connectivity index (χ3v) is 6.08. The average Bonchev–Trinajstić information content (AvgIpc) is 2.74. The third kappa shape index (κ3) is 7.15. The Morgan fingerprint density at radius 2 is 1.74 bits per heavy atom. The predicted octanol–water partition coefficient (Wildman–Crippen LogP) is 5.32. The lowest BCUT2D eigenvalue weighted by molar-refractivity contribution is -0.142. The zero-order valence-corrected chi connectivity index (χ0v) is 20.2. The van der Waals surface area contributed by atoms with Crippen LogP contribution in [0.25, 0.3) is 0 Å². The van der Waals surface area contributed by atoms with E-state index in [9.17, 15) is 9.59 Å². The minimum atomic E-state index is -0.681. The SMILES string of the molecule is CCC(C)NC(=O)C(C)N(Cc1ccc(Cl)c(Cl)c1)C(=O)COc1ccc(C)c(C)c1. The largest absolute Gasteiger partial charge is 0.484 e. The van der Waals surface area contributed by atoms with Crippen LogP contribution in [0, 0.1) is 13.8 Å². The van der Waals surface area contributed by atoms with Crippen molar-refractivity contribution in [1.29, 1.82) is 0 Å². The van der Waals surface area contributed by atoms with Crippen LogP contribution in [0.5, 0.6) is 5.75 Å². The maximum Gasteiger partial charge on any atom is 0.261 e. The molecule has 2 rings (SSSR count). The van der Waals surface area contributed by atoms with Crippen molar-refractivity contribution in [3.63, 3.8) is 0 Å². The molecule has 168 valence electrons. The molecule has 7 heteroatoms. The Morgan fingerprint density at radius 3 is 2.35 bits per heavy atom. The molecule has 31 heavy (non-hydrogen) atoms. The Bertz CT molecular complexity index is 933. The van der Waals surface area contributed by atoms with Gasteiger partial charge in [0.25, 0.3) is 5.91 Å². The summed E-state index contributed by atoms with van der Waals surface area (Å²) >= 11 is 12.1. The molecule has 2 unspecified atom stereocenters. The van der Waals surface area contributed by atoms with Crippen molar-refractivity contribution in [3.05, 3.63) is 63.1 Å². The molecule has 2 aromatic rings. The van der Waals surface area contributed by atoms with E-state index in [-0.39, 0.29) is 31.0 Å². The van der Waals surface area contributed by atoms with Crippen molar-refractivity contribution in [3.8, 4) is 5.75 Å². The monoisotopic (exact) mass is 464 g/mol. The Labute approximate surface area is 194 Å². The van der Waals surface area contributed by atoms with E-state index in [4.69, 9.17) is 27.9 Å². The van der Waals surface area contributed by atoms with E-state index in [1.807, 2.05) is 45.9 Å². The van der Waals surface area contributed by atoms with E-state index in [1.165, 1.54) is 4.90 Å². The van der Waals surface area contributed by atoms with Crippen LogP contribution in [0.3, 0.4) is 0 Å². The van der Waals surface area contributed by atoms with E-state index in [2.05, 4.69) is 5.32 Å². The number of hydrogen-bond donors (Lipinski definition) is 1. The van der Waals surface area contributed by atoms with E-state index >= 15 is 0 Å². The first-order chi connectivity index (χ1) is 14.6. The summed E-state index contributed by atoms with van der Waals surface area (Å²) in [5, 5.41) is 3.77. The molecule has 0 aliphatic carbocycles. The molecule has 0 aliphatic rings. The quantitative estimate of drug-likeness (QED) is 0.545.